The number of aliphatic hydroxyl groups excluding tert-OH is 1. The van der Waals surface area contributed by atoms with Crippen molar-refractivity contribution in [3.05, 3.63) is 29.8 Å². The number of hydrogen-bond acceptors (Lipinski definition) is 3. The molecule has 0 bridgehead atoms. The summed E-state index contributed by atoms with van der Waals surface area (Å²) in [6.45, 7) is 2.47. The van der Waals surface area contributed by atoms with Gasteiger partial charge in [-0.05, 0) is 31.0 Å². The predicted octanol–water partition coefficient (Wildman–Crippen LogP) is 1.24. The summed E-state index contributed by atoms with van der Waals surface area (Å²) in [5.41, 5.74) is 1.14. The Bertz CT molecular complexity index is 487. The van der Waals surface area contributed by atoms with Crippen molar-refractivity contribution >= 4 is 17.5 Å². The Labute approximate surface area is 112 Å². The van der Waals surface area contributed by atoms with Crippen LogP contribution in [0.25, 0.3) is 0 Å². The molecule has 1 aliphatic rings. The topological polar surface area (TPSA) is 69.6 Å². The maximum atomic E-state index is 12.3. The van der Waals surface area contributed by atoms with Gasteiger partial charge in [-0.15, -0.1) is 0 Å². The Morgan fingerprint density at radius 1 is 1.42 bits per heavy atom. The van der Waals surface area contributed by atoms with Crippen LogP contribution in [-0.4, -0.2) is 41.0 Å². The lowest BCUT2D eigenvalue weighted by Gasteiger charge is -2.30. The number of nitrogens with one attached hydrogen (secondary N) is 1. The molecule has 5 heteroatoms. The second-order valence-electron chi connectivity index (χ2n) is 4.81. The molecule has 2 N–H and O–H groups in total. The fraction of sp³-hybridized carbons (Fsp3) is 0.429. The monoisotopic (exact) mass is 262 g/mol. The number of anilines is 1. The maximum Gasteiger partial charge on any atom is 0.254 e. The van der Waals surface area contributed by atoms with Crippen LogP contribution < -0.4 is 5.32 Å². The van der Waals surface area contributed by atoms with Crippen LogP contribution >= 0.6 is 0 Å². The van der Waals surface area contributed by atoms with Gasteiger partial charge in [-0.25, -0.2) is 0 Å². The van der Waals surface area contributed by atoms with Gasteiger partial charge in [-0.1, -0.05) is 6.07 Å². The Kier molecular flexibility index (Phi) is 4.16. The van der Waals surface area contributed by atoms with Crippen LogP contribution in [0.15, 0.2) is 24.3 Å². The molecular formula is C14H18N2O3. The molecule has 1 atom stereocenters. The van der Waals surface area contributed by atoms with Gasteiger partial charge in [0.05, 0.1) is 6.10 Å². The molecule has 1 unspecified atom stereocenters. The highest BCUT2D eigenvalue weighted by Gasteiger charge is 2.23. The lowest BCUT2D eigenvalue weighted by molar-refractivity contribution is -0.114. The van der Waals surface area contributed by atoms with Gasteiger partial charge >= 0.3 is 0 Å². The first-order valence-electron chi connectivity index (χ1n) is 6.41. The van der Waals surface area contributed by atoms with Gasteiger partial charge in [0.15, 0.2) is 0 Å². The number of carbonyl (C=O) groups is 2. The number of benzene rings is 1. The van der Waals surface area contributed by atoms with Gasteiger partial charge in [0.25, 0.3) is 5.91 Å². The highest BCUT2D eigenvalue weighted by Crippen LogP contribution is 2.16. The minimum Gasteiger partial charge on any atom is -0.391 e. The van der Waals surface area contributed by atoms with E-state index in [2.05, 4.69) is 5.32 Å². The molecule has 102 valence electrons. The van der Waals surface area contributed by atoms with Crippen molar-refractivity contribution in [1.29, 1.82) is 0 Å². The van der Waals surface area contributed by atoms with Crippen molar-refractivity contribution in [3.8, 4) is 0 Å². The van der Waals surface area contributed by atoms with Crippen LogP contribution in [-0.2, 0) is 4.79 Å². The van der Waals surface area contributed by atoms with E-state index in [0.717, 1.165) is 12.8 Å². The minimum absolute atomic E-state index is 0.106. The summed E-state index contributed by atoms with van der Waals surface area (Å²) in [5.74, 6) is -0.274. The molecule has 1 aliphatic heterocycles. The van der Waals surface area contributed by atoms with Crippen molar-refractivity contribution in [2.75, 3.05) is 18.4 Å². The van der Waals surface area contributed by atoms with Gasteiger partial charge in [0.1, 0.15) is 0 Å². The third-order valence-electron chi connectivity index (χ3n) is 3.11. The molecule has 1 aromatic carbocycles. The SMILES string of the molecule is CC(=O)Nc1cccc(C(=O)N2CCCC(O)C2)c1. The first kappa shape index (κ1) is 13.5. The van der Waals surface area contributed by atoms with Crippen LogP contribution in [0.4, 0.5) is 5.69 Å². The smallest absolute Gasteiger partial charge is 0.254 e. The summed E-state index contributed by atoms with van der Waals surface area (Å²) < 4.78 is 0. The zero-order valence-electron chi connectivity index (χ0n) is 10.9. The largest absolute Gasteiger partial charge is 0.391 e. The van der Waals surface area contributed by atoms with E-state index in [9.17, 15) is 14.7 Å². The summed E-state index contributed by atoms with van der Waals surface area (Å²) in [6, 6.07) is 6.85. The third kappa shape index (κ3) is 3.54. The van der Waals surface area contributed by atoms with Crippen molar-refractivity contribution in [2.24, 2.45) is 0 Å². The highest BCUT2D eigenvalue weighted by molar-refractivity contribution is 5.96. The molecule has 5 nitrogen and oxygen atoms in total. The zero-order chi connectivity index (χ0) is 13.8. The van der Waals surface area contributed by atoms with Crippen molar-refractivity contribution in [1.82, 2.24) is 4.90 Å². The van der Waals surface area contributed by atoms with Gasteiger partial charge in [0.2, 0.25) is 5.91 Å². The van der Waals surface area contributed by atoms with Gasteiger partial charge in [0, 0.05) is 31.3 Å². The van der Waals surface area contributed by atoms with Crippen molar-refractivity contribution in [2.45, 2.75) is 25.9 Å². The number of likely N-dealkylation sites (tertiary alicyclic amines) is 1. The Hall–Kier alpha value is -1.88. The molecule has 1 fully saturated rings. The number of β-amino-alcohol motifs (C(OH)–C–C–N with tert-alkyl or cyclic N) is 1. The predicted molar refractivity (Wildman–Crippen MR) is 71.9 cm³/mol. The molecule has 0 saturated carbocycles. The number of hydrogen-bond donors (Lipinski definition) is 2. The molecule has 1 aromatic rings. The molecule has 2 amide bonds. The summed E-state index contributed by atoms with van der Waals surface area (Å²) in [5, 5.41) is 12.3. The Morgan fingerprint density at radius 3 is 2.89 bits per heavy atom. The van der Waals surface area contributed by atoms with E-state index in [0.29, 0.717) is 24.3 Å². The summed E-state index contributed by atoms with van der Waals surface area (Å²) in [7, 11) is 0. The molecular weight excluding hydrogens is 244 g/mol. The van der Waals surface area contributed by atoms with Crippen LogP contribution in [0.5, 0.6) is 0 Å². The van der Waals surface area contributed by atoms with E-state index >= 15 is 0 Å². The summed E-state index contributed by atoms with van der Waals surface area (Å²) in [6.07, 6.45) is 1.13. The highest BCUT2D eigenvalue weighted by atomic mass is 16.3. The fourth-order valence-electron chi connectivity index (χ4n) is 2.26. The molecule has 0 aliphatic carbocycles. The molecule has 1 heterocycles. The average molecular weight is 262 g/mol. The molecule has 1 saturated heterocycles. The van der Waals surface area contributed by atoms with E-state index in [1.54, 1.807) is 29.2 Å². The fourth-order valence-corrected chi connectivity index (χ4v) is 2.26. The number of rotatable bonds is 2. The van der Waals surface area contributed by atoms with E-state index in [1.807, 2.05) is 0 Å². The standard InChI is InChI=1S/C14H18N2O3/c1-10(17)15-12-5-2-4-11(8-12)14(19)16-7-3-6-13(18)9-16/h2,4-5,8,13,18H,3,6-7,9H2,1H3,(H,15,17). The van der Waals surface area contributed by atoms with Gasteiger partial charge < -0.3 is 15.3 Å². The normalized spacial score (nSPS) is 19.1. The Balaban J connectivity index is 2.12. The van der Waals surface area contributed by atoms with Crippen LogP contribution in [0.2, 0.25) is 0 Å². The molecule has 0 radical (unpaired) electrons. The average Bonchev–Trinajstić information content (AvgIpc) is 2.37. The first-order valence-corrected chi connectivity index (χ1v) is 6.41. The lowest BCUT2D eigenvalue weighted by atomic mass is 10.1. The van der Waals surface area contributed by atoms with Crippen LogP contribution in [0, 0.1) is 0 Å². The summed E-state index contributed by atoms with van der Waals surface area (Å²) >= 11 is 0. The van der Waals surface area contributed by atoms with E-state index in [4.69, 9.17) is 0 Å². The second-order valence-corrected chi connectivity index (χ2v) is 4.81. The van der Waals surface area contributed by atoms with Crippen molar-refractivity contribution < 1.29 is 14.7 Å². The number of carbonyl (C=O) groups excluding carboxylic acids is 2. The quantitative estimate of drug-likeness (QED) is 0.842. The van der Waals surface area contributed by atoms with E-state index in [-0.39, 0.29) is 11.8 Å². The maximum absolute atomic E-state index is 12.3. The van der Waals surface area contributed by atoms with Crippen molar-refractivity contribution in [3.63, 3.8) is 0 Å². The second kappa shape index (κ2) is 5.84. The Morgan fingerprint density at radius 2 is 2.21 bits per heavy atom. The lowest BCUT2D eigenvalue weighted by Crippen LogP contribution is -2.42. The molecule has 2 rings (SSSR count). The molecule has 0 aromatic heterocycles. The van der Waals surface area contributed by atoms with Gasteiger partial charge in [-0.3, -0.25) is 9.59 Å². The minimum atomic E-state index is -0.434. The number of amides is 2. The number of nitrogens with zero attached hydrogens (tertiary/aromatic N) is 1. The number of aliphatic hydroxyl groups is 1. The van der Waals surface area contributed by atoms with E-state index < -0.39 is 6.10 Å². The van der Waals surface area contributed by atoms with Crippen LogP contribution in [0.3, 0.4) is 0 Å². The zero-order valence-corrected chi connectivity index (χ0v) is 10.9. The van der Waals surface area contributed by atoms with E-state index in [1.165, 1.54) is 6.92 Å². The number of piperidine rings is 1. The van der Waals surface area contributed by atoms with Gasteiger partial charge in [-0.2, -0.15) is 0 Å². The molecule has 0 spiro atoms. The third-order valence-corrected chi connectivity index (χ3v) is 3.11. The summed E-state index contributed by atoms with van der Waals surface area (Å²) in [4.78, 5) is 24.9. The first-order chi connectivity index (χ1) is 9.06. The van der Waals surface area contributed by atoms with Crippen LogP contribution in [0.1, 0.15) is 30.1 Å². The molecule has 19 heavy (non-hydrogen) atoms.